The van der Waals surface area contributed by atoms with Gasteiger partial charge in [0.15, 0.2) is 0 Å². The van der Waals surface area contributed by atoms with Gasteiger partial charge in [-0.3, -0.25) is 0 Å². The first kappa shape index (κ1) is 19.3. The first-order valence-corrected chi connectivity index (χ1v) is 11.2. The molecule has 1 N–H and O–H groups in total. The lowest BCUT2D eigenvalue weighted by molar-refractivity contribution is 0.0913. The molecule has 30 heavy (non-hydrogen) atoms. The molecule has 5 nitrogen and oxygen atoms in total. The van der Waals surface area contributed by atoms with Crippen LogP contribution in [0.5, 0.6) is 0 Å². The molecule has 1 saturated carbocycles. The third-order valence-electron chi connectivity index (χ3n) is 6.98. The van der Waals surface area contributed by atoms with Crippen LogP contribution in [0.4, 0.5) is 5.82 Å². The molecule has 1 saturated heterocycles. The zero-order valence-corrected chi connectivity index (χ0v) is 18.0. The monoisotopic (exact) mass is 401 g/mol. The predicted molar refractivity (Wildman–Crippen MR) is 123 cm³/mol. The molecule has 0 radical (unpaired) electrons. The molecule has 156 valence electrons. The van der Waals surface area contributed by atoms with Crippen LogP contribution in [0.25, 0.3) is 22.0 Å². The van der Waals surface area contributed by atoms with E-state index in [9.17, 15) is 0 Å². The van der Waals surface area contributed by atoms with Gasteiger partial charge in [-0.2, -0.15) is 0 Å². The van der Waals surface area contributed by atoms with Crippen molar-refractivity contribution in [1.29, 1.82) is 0 Å². The van der Waals surface area contributed by atoms with Gasteiger partial charge in [0, 0.05) is 41.9 Å². The Morgan fingerprint density at radius 1 is 1.07 bits per heavy atom. The summed E-state index contributed by atoms with van der Waals surface area (Å²) in [5, 5.41) is 5.99. The topological polar surface area (TPSA) is 46.0 Å². The van der Waals surface area contributed by atoms with Crippen LogP contribution in [-0.2, 0) is 7.05 Å². The standard InChI is InChI=1S/C25H31N5/c1-3-23(18-9-11-30(12-10-18)22-5-4-6-22)28-25-14-21-13-19(7-8-20(21)15-27-25)24-16-26-17-29(24)2/h3,7-8,13-18,22H,4-6,9-12H2,1-2H3,(H,27,28)/b23-3+. The van der Waals surface area contributed by atoms with Crippen LogP contribution in [0.2, 0.25) is 0 Å². The number of nitrogens with one attached hydrogen (secondary N) is 1. The maximum absolute atomic E-state index is 4.69. The van der Waals surface area contributed by atoms with E-state index >= 15 is 0 Å². The number of aromatic nitrogens is 3. The Labute approximate surface area is 178 Å². The molecule has 1 aliphatic heterocycles. The van der Waals surface area contributed by atoms with Crippen molar-refractivity contribution < 1.29 is 0 Å². The molecule has 1 aromatic carbocycles. The summed E-state index contributed by atoms with van der Waals surface area (Å²) in [6, 6.07) is 9.54. The van der Waals surface area contributed by atoms with Crippen LogP contribution in [0.1, 0.15) is 39.0 Å². The minimum absolute atomic E-state index is 0.601. The van der Waals surface area contributed by atoms with Crippen molar-refractivity contribution in [2.75, 3.05) is 18.4 Å². The molecule has 0 amide bonds. The smallest absolute Gasteiger partial charge is 0.130 e. The van der Waals surface area contributed by atoms with E-state index in [1.807, 2.05) is 25.8 Å². The highest BCUT2D eigenvalue weighted by Gasteiger charge is 2.29. The molecule has 3 heterocycles. The predicted octanol–water partition coefficient (Wildman–Crippen LogP) is 5.22. The molecule has 5 heteroatoms. The second-order valence-corrected chi connectivity index (χ2v) is 8.79. The molecule has 0 spiro atoms. The molecule has 2 aromatic heterocycles. The molecular formula is C25H31N5. The lowest BCUT2D eigenvalue weighted by Crippen LogP contribution is -2.45. The number of aryl methyl sites for hydroxylation is 1. The number of imidazole rings is 1. The molecule has 5 rings (SSSR count). The highest BCUT2D eigenvalue weighted by Crippen LogP contribution is 2.32. The van der Waals surface area contributed by atoms with Gasteiger partial charge in [-0.05, 0) is 63.2 Å². The minimum Gasteiger partial charge on any atom is -0.344 e. The van der Waals surface area contributed by atoms with Crippen LogP contribution in [0.15, 0.2) is 54.8 Å². The lowest BCUT2D eigenvalue weighted by atomic mass is 9.86. The van der Waals surface area contributed by atoms with Crippen LogP contribution in [-0.4, -0.2) is 38.6 Å². The van der Waals surface area contributed by atoms with Crippen molar-refractivity contribution in [3.05, 3.63) is 54.8 Å². The maximum Gasteiger partial charge on any atom is 0.130 e. The van der Waals surface area contributed by atoms with Gasteiger partial charge >= 0.3 is 0 Å². The Morgan fingerprint density at radius 3 is 2.57 bits per heavy atom. The van der Waals surface area contributed by atoms with Crippen LogP contribution in [0.3, 0.4) is 0 Å². The second kappa shape index (κ2) is 8.23. The highest BCUT2D eigenvalue weighted by molar-refractivity contribution is 5.88. The summed E-state index contributed by atoms with van der Waals surface area (Å²) < 4.78 is 2.05. The number of rotatable bonds is 5. The van der Waals surface area contributed by atoms with Crippen molar-refractivity contribution in [1.82, 2.24) is 19.4 Å². The van der Waals surface area contributed by atoms with Gasteiger partial charge in [-0.25, -0.2) is 9.97 Å². The summed E-state index contributed by atoms with van der Waals surface area (Å²) in [4.78, 5) is 11.6. The van der Waals surface area contributed by atoms with E-state index in [-0.39, 0.29) is 0 Å². The molecule has 2 fully saturated rings. The molecule has 3 aromatic rings. The average Bonchev–Trinajstić information content (AvgIpc) is 3.17. The first-order chi connectivity index (χ1) is 14.7. The number of fused-ring (bicyclic) bond motifs is 1. The van der Waals surface area contributed by atoms with Gasteiger partial charge in [0.2, 0.25) is 0 Å². The van der Waals surface area contributed by atoms with Crippen molar-refractivity contribution in [3.8, 4) is 11.3 Å². The van der Waals surface area contributed by atoms with Crippen molar-refractivity contribution >= 4 is 16.6 Å². The van der Waals surface area contributed by atoms with Crippen LogP contribution in [0, 0.1) is 5.92 Å². The summed E-state index contributed by atoms with van der Waals surface area (Å²) >= 11 is 0. The van der Waals surface area contributed by atoms with Gasteiger partial charge in [-0.1, -0.05) is 24.6 Å². The first-order valence-electron chi connectivity index (χ1n) is 11.2. The van der Waals surface area contributed by atoms with E-state index in [1.165, 1.54) is 61.8 Å². The van der Waals surface area contributed by atoms with E-state index in [0.717, 1.165) is 22.9 Å². The van der Waals surface area contributed by atoms with E-state index in [0.29, 0.717) is 5.92 Å². The Kier molecular flexibility index (Phi) is 5.30. The Morgan fingerprint density at radius 2 is 1.90 bits per heavy atom. The number of pyridine rings is 1. The summed E-state index contributed by atoms with van der Waals surface area (Å²) in [7, 11) is 2.03. The van der Waals surface area contributed by atoms with Crippen molar-refractivity contribution in [3.63, 3.8) is 0 Å². The molecule has 0 unspecified atom stereocenters. The third-order valence-corrected chi connectivity index (χ3v) is 6.98. The van der Waals surface area contributed by atoms with Gasteiger partial charge in [0.25, 0.3) is 0 Å². The van der Waals surface area contributed by atoms with E-state index < -0.39 is 0 Å². The van der Waals surface area contributed by atoms with E-state index in [2.05, 4.69) is 62.0 Å². The Balaban J connectivity index is 1.32. The highest BCUT2D eigenvalue weighted by atomic mass is 15.2. The number of anilines is 1. The van der Waals surface area contributed by atoms with Crippen molar-refractivity contribution in [2.45, 2.75) is 45.1 Å². The quantitative estimate of drug-likeness (QED) is 0.637. The van der Waals surface area contributed by atoms with Crippen molar-refractivity contribution in [2.24, 2.45) is 13.0 Å². The fraction of sp³-hybridized carbons (Fsp3) is 0.440. The normalized spacial score (nSPS) is 19.2. The number of hydrogen-bond acceptors (Lipinski definition) is 4. The largest absolute Gasteiger partial charge is 0.344 e. The van der Waals surface area contributed by atoms with E-state index in [4.69, 9.17) is 0 Å². The number of piperidine rings is 1. The van der Waals surface area contributed by atoms with Gasteiger partial charge < -0.3 is 14.8 Å². The summed E-state index contributed by atoms with van der Waals surface area (Å²) in [6.45, 7) is 4.60. The minimum atomic E-state index is 0.601. The van der Waals surface area contributed by atoms with Crippen LogP contribution >= 0.6 is 0 Å². The second-order valence-electron chi connectivity index (χ2n) is 8.79. The molecular weight excluding hydrogens is 370 g/mol. The van der Waals surface area contributed by atoms with Gasteiger partial charge in [0.1, 0.15) is 5.82 Å². The Hall–Kier alpha value is -2.66. The van der Waals surface area contributed by atoms with E-state index in [1.54, 1.807) is 0 Å². The fourth-order valence-corrected chi connectivity index (χ4v) is 4.89. The molecule has 1 aliphatic carbocycles. The molecule has 0 atom stereocenters. The molecule has 2 aliphatic rings. The third kappa shape index (κ3) is 3.74. The Bertz CT molecular complexity index is 1050. The summed E-state index contributed by atoms with van der Waals surface area (Å²) in [5.41, 5.74) is 3.61. The van der Waals surface area contributed by atoms with Gasteiger partial charge in [-0.15, -0.1) is 0 Å². The summed E-state index contributed by atoms with van der Waals surface area (Å²) in [5.74, 6) is 1.53. The number of nitrogens with zero attached hydrogens (tertiary/aromatic N) is 4. The maximum atomic E-state index is 4.69. The van der Waals surface area contributed by atoms with Crippen LogP contribution < -0.4 is 5.32 Å². The zero-order valence-electron chi connectivity index (χ0n) is 18.0. The summed E-state index contributed by atoms with van der Waals surface area (Å²) in [6.07, 6.45) is 14.7. The molecule has 0 bridgehead atoms. The fourth-order valence-electron chi connectivity index (χ4n) is 4.89. The van der Waals surface area contributed by atoms with Gasteiger partial charge in [0.05, 0.1) is 18.2 Å². The number of hydrogen-bond donors (Lipinski definition) is 1. The zero-order chi connectivity index (χ0) is 20.5. The number of benzene rings is 1. The SMILES string of the molecule is C/C=C(/Nc1cc2cc(-c3cncn3C)ccc2cn1)C1CCN(C2CCC2)CC1. The average molecular weight is 402 g/mol. The number of likely N-dealkylation sites (tertiary alicyclic amines) is 1. The lowest BCUT2D eigenvalue weighted by Gasteiger charge is -2.42. The number of allylic oxidation sites excluding steroid dienone is 2.